The number of ketones is 1. The Morgan fingerprint density at radius 2 is 1.27 bits per heavy atom. The average molecular weight is 431 g/mol. The van der Waals surface area contributed by atoms with E-state index in [0.29, 0.717) is 19.5 Å². The molecule has 0 atom stereocenters. The van der Waals surface area contributed by atoms with Gasteiger partial charge in [-0.1, -0.05) is 97.1 Å². The third kappa shape index (κ3) is 4.04. The Labute approximate surface area is 195 Å². The van der Waals surface area contributed by atoms with Crippen molar-refractivity contribution in [3.63, 3.8) is 0 Å². The fourth-order valence-corrected chi connectivity index (χ4v) is 4.93. The summed E-state index contributed by atoms with van der Waals surface area (Å²) in [6, 6.07) is 35.8. The van der Waals surface area contributed by atoms with Gasteiger partial charge in [-0.15, -0.1) is 0 Å². The largest absolute Gasteiger partial charge is 0.294 e. The van der Waals surface area contributed by atoms with Crippen LogP contribution in [0.4, 0.5) is 0 Å². The van der Waals surface area contributed by atoms with Crippen LogP contribution in [0.1, 0.15) is 28.7 Å². The van der Waals surface area contributed by atoms with E-state index in [1.54, 1.807) is 12.4 Å². The van der Waals surface area contributed by atoms with E-state index in [9.17, 15) is 4.79 Å². The quantitative estimate of drug-likeness (QED) is 0.299. The van der Waals surface area contributed by atoms with Gasteiger partial charge in [0.05, 0.1) is 5.54 Å². The summed E-state index contributed by atoms with van der Waals surface area (Å²) >= 11 is 0. The Balaban J connectivity index is 1.71. The van der Waals surface area contributed by atoms with Crippen molar-refractivity contribution in [2.24, 2.45) is 0 Å². The highest BCUT2D eigenvalue weighted by atomic mass is 16.1. The van der Waals surface area contributed by atoms with Crippen molar-refractivity contribution in [1.82, 2.24) is 9.88 Å². The van der Waals surface area contributed by atoms with Crippen LogP contribution in [0.5, 0.6) is 0 Å². The number of pyridine rings is 1. The first-order valence-electron chi connectivity index (χ1n) is 11.3. The number of nitrogens with zero attached hydrogens (tertiary/aromatic N) is 2. The molecule has 33 heavy (non-hydrogen) atoms. The smallest absolute Gasteiger partial charge is 0.161 e. The zero-order valence-corrected chi connectivity index (χ0v) is 18.5. The number of hydrogen-bond donors (Lipinski definition) is 0. The maximum absolute atomic E-state index is 13.0. The predicted octanol–water partition coefficient (Wildman–Crippen LogP) is 5.73. The second-order valence-corrected chi connectivity index (χ2v) is 8.36. The summed E-state index contributed by atoms with van der Waals surface area (Å²) in [5.74, 6) is 0.207. The number of piperidine rings is 1. The third-order valence-corrected chi connectivity index (χ3v) is 6.40. The van der Waals surface area contributed by atoms with Crippen LogP contribution in [-0.4, -0.2) is 28.8 Å². The lowest BCUT2D eigenvalue weighted by Gasteiger charge is -2.47. The highest BCUT2D eigenvalue weighted by Crippen LogP contribution is 2.43. The molecule has 0 aliphatic carbocycles. The minimum absolute atomic E-state index is 0.207. The molecule has 1 fully saturated rings. The maximum Gasteiger partial charge on any atom is 0.161 e. The molecule has 0 spiro atoms. The summed E-state index contributed by atoms with van der Waals surface area (Å²) in [6.07, 6.45) is 6.04. The summed E-state index contributed by atoms with van der Waals surface area (Å²) in [4.78, 5) is 19.6. The van der Waals surface area contributed by atoms with Crippen LogP contribution < -0.4 is 0 Å². The first-order valence-corrected chi connectivity index (χ1v) is 11.3. The van der Waals surface area contributed by atoms with Crippen LogP contribution >= 0.6 is 0 Å². The maximum atomic E-state index is 13.0. The summed E-state index contributed by atoms with van der Waals surface area (Å²) < 4.78 is 0. The molecule has 4 aromatic rings. The molecule has 0 amide bonds. The van der Waals surface area contributed by atoms with Crippen LogP contribution in [-0.2, 0) is 10.3 Å². The number of aromatic nitrogens is 1. The van der Waals surface area contributed by atoms with Gasteiger partial charge in [0.2, 0.25) is 0 Å². The van der Waals surface area contributed by atoms with Crippen LogP contribution in [0.25, 0.3) is 6.08 Å². The average Bonchev–Trinajstić information content (AvgIpc) is 2.89. The Hall–Kier alpha value is -3.82. The summed E-state index contributed by atoms with van der Waals surface area (Å²) in [7, 11) is 0. The fraction of sp³-hybridized carbons (Fsp3) is 0.133. The second-order valence-electron chi connectivity index (χ2n) is 8.36. The molecule has 0 saturated carbocycles. The van der Waals surface area contributed by atoms with Crippen molar-refractivity contribution >= 4 is 11.9 Å². The van der Waals surface area contributed by atoms with Crippen molar-refractivity contribution in [3.8, 4) is 0 Å². The molecule has 0 radical (unpaired) electrons. The van der Waals surface area contributed by atoms with Gasteiger partial charge in [0.15, 0.2) is 5.78 Å². The first-order chi connectivity index (χ1) is 16.3. The molecule has 0 bridgehead atoms. The standard InChI is InChI=1S/C30H26N2O/c33-29-18-20-32(23-25(29)21-24-11-10-19-31-22-24)30(26-12-4-1-5-13-26,27-14-6-2-7-15-27)28-16-8-3-9-17-28/h1-17,19,21-22H,18,20,23H2/b25-21+. The normalized spacial score (nSPS) is 16.1. The summed E-state index contributed by atoms with van der Waals surface area (Å²) in [5, 5.41) is 0. The lowest BCUT2D eigenvalue weighted by molar-refractivity contribution is -0.117. The van der Waals surface area contributed by atoms with Crippen molar-refractivity contribution in [2.45, 2.75) is 12.0 Å². The molecule has 3 heteroatoms. The molecule has 2 heterocycles. The van der Waals surface area contributed by atoms with E-state index in [4.69, 9.17) is 0 Å². The van der Waals surface area contributed by atoms with Gasteiger partial charge in [-0.3, -0.25) is 14.7 Å². The molecular formula is C30H26N2O. The van der Waals surface area contributed by atoms with Gasteiger partial charge >= 0.3 is 0 Å². The Bertz CT molecular complexity index is 1140. The second kappa shape index (κ2) is 9.35. The van der Waals surface area contributed by atoms with Crippen molar-refractivity contribution in [3.05, 3.63) is 143 Å². The van der Waals surface area contributed by atoms with Gasteiger partial charge in [0, 0.05) is 37.5 Å². The van der Waals surface area contributed by atoms with Gasteiger partial charge in [0.25, 0.3) is 0 Å². The SMILES string of the molecule is O=C1CCN(C(c2ccccc2)(c2ccccc2)c2ccccc2)C/C1=C\c1cccnc1. The Morgan fingerprint density at radius 1 is 0.727 bits per heavy atom. The van der Waals surface area contributed by atoms with Gasteiger partial charge in [0.1, 0.15) is 0 Å². The lowest BCUT2D eigenvalue weighted by Crippen LogP contribution is -2.52. The molecule has 5 rings (SSSR count). The third-order valence-electron chi connectivity index (χ3n) is 6.40. The zero-order chi connectivity index (χ0) is 22.5. The fourth-order valence-electron chi connectivity index (χ4n) is 4.93. The minimum Gasteiger partial charge on any atom is -0.294 e. The molecule has 1 saturated heterocycles. The molecule has 3 nitrogen and oxygen atoms in total. The summed E-state index contributed by atoms with van der Waals surface area (Å²) in [5.41, 5.74) is 4.83. The van der Waals surface area contributed by atoms with E-state index in [1.807, 2.05) is 18.2 Å². The van der Waals surface area contributed by atoms with E-state index in [1.165, 1.54) is 16.7 Å². The number of carbonyl (C=O) groups excluding carboxylic acids is 1. The molecule has 1 aliphatic heterocycles. The number of hydrogen-bond acceptors (Lipinski definition) is 3. The predicted molar refractivity (Wildman–Crippen MR) is 133 cm³/mol. The Morgan fingerprint density at radius 3 is 1.76 bits per heavy atom. The van der Waals surface area contributed by atoms with E-state index in [-0.39, 0.29) is 5.78 Å². The number of Topliss-reactive ketones (excluding diaryl/α,β-unsaturated/α-hetero) is 1. The number of benzene rings is 3. The minimum atomic E-state index is -0.515. The molecule has 3 aromatic carbocycles. The number of carbonyl (C=O) groups is 1. The molecule has 162 valence electrons. The van der Waals surface area contributed by atoms with E-state index < -0.39 is 5.54 Å². The zero-order valence-electron chi connectivity index (χ0n) is 18.5. The highest BCUT2D eigenvalue weighted by Gasteiger charge is 2.44. The topological polar surface area (TPSA) is 33.2 Å². The highest BCUT2D eigenvalue weighted by molar-refractivity contribution is 6.00. The van der Waals surface area contributed by atoms with Crippen LogP contribution in [0, 0.1) is 0 Å². The van der Waals surface area contributed by atoms with E-state index >= 15 is 0 Å². The first kappa shape index (κ1) is 21.0. The Kier molecular flexibility index (Phi) is 5.97. The van der Waals surface area contributed by atoms with Gasteiger partial charge in [-0.2, -0.15) is 0 Å². The van der Waals surface area contributed by atoms with Gasteiger partial charge in [-0.25, -0.2) is 0 Å². The molecular weight excluding hydrogens is 404 g/mol. The van der Waals surface area contributed by atoms with Crippen LogP contribution in [0.3, 0.4) is 0 Å². The summed E-state index contributed by atoms with van der Waals surface area (Å²) in [6.45, 7) is 1.24. The number of rotatable bonds is 5. The van der Waals surface area contributed by atoms with Gasteiger partial charge < -0.3 is 0 Å². The monoisotopic (exact) mass is 430 g/mol. The lowest BCUT2D eigenvalue weighted by atomic mass is 9.74. The number of likely N-dealkylation sites (tertiary alicyclic amines) is 1. The van der Waals surface area contributed by atoms with E-state index in [0.717, 1.165) is 11.1 Å². The molecule has 1 aliphatic rings. The van der Waals surface area contributed by atoms with Crippen molar-refractivity contribution < 1.29 is 4.79 Å². The molecule has 0 unspecified atom stereocenters. The molecule has 0 N–H and O–H groups in total. The van der Waals surface area contributed by atoms with Gasteiger partial charge in [-0.05, 0) is 34.4 Å². The van der Waals surface area contributed by atoms with Crippen molar-refractivity contribution in [1.29, 1.82) is 0 Å². The van der Waals surface area contributed by atoms with Crippen molar-refractivity contribution in [2.75, 3.05) is 13.1 Å². The van der Waals surface area contributed by atoms with Crippen LogP contribution in [0.2, 0.25) is 0 Å². The van der Waals surface area contributed by atoms with Crippen LogP contribution in [0.15, 0.2) is 121 Å². The van der Waals surface area contributed by atoms with E-state index in [2.05, 4.69) is 101 Å². The molecule has 1 aromatic heterocycles.